The van der Waals surface area contributed by atoms with Gasteiger partial charge in [0.2, 0.25) is 5.89 Å². The minimum Gasteiger partial charge on any atom is -0.406 e. The average Bonchev–Trinajstić information content (AvgIpc) is 2.82. The lowest BCUT2D eigenvalue weighted by Gasteiger charge is -2.33. The Morgan fingerprint density at radius 2 is 2.17 bits per heavy atom. The molecule has 0 bridgehead atoms. The summed E-state index contributed by atoms with van der Waals surface area (Å²) in [5.41, 5.74) is 0. The van der Waals surface area contributed by atoms with Gasteiger partial charge in [0, 0.05) is 13.1 Å². The van der Waals surface area contributed by atoms with Gasteiger partial charge in [-0.1, -0.05) is 25.9 Å². The number of nitrogens with zero attached hydrogens (tertiary/aromatic N) is 3. The summed E-state index contributed by atoms with van der Waals surface area (Å²) in [6, 6.07) is 0.797. The molecule has 1 fully saturated rings. The van der Waals surface area contributed by atoms with Crippen LogP contribution in [0.4, 0.5) is 6.01 Å². The summed E-state index contributed by atoms with van der Waals surface area (Å²) in [7, 11) is 0. The van der Waals surface area contributed by atoms with Gasteiger partial charge in [0.25, 0.3) is 0 Å². The normalized spacial score (nSPS) is 26.3. The molecule has 1 aliphatic rings. The minimum absolute atomic E-state index is 0.123. The number of aromatic nitrogens is 2. The van der Waals surface area contributed by atoms with Crippen molar-refractivity contribution in [2.45, 2.75) is 40.2 Å². The molecule has 1 aliphatic heterocycles. The van der Waals surface area contributed by atoms with Crippen LogP contribution >= 0.6 is 0 Å². The minimum atomic E-state index is 0.123. The molecule has 1 aromatic heterocycles. The van der Waals surface area contributed by atoms with Gasteiger partial charge in [-0.3, -0.25) is 0 Å². The second-order valence-electron chi connectivity index (χ2n) is 5.39. The highest BCUT2D eigenvalue weighted by atomic mass is 16.4. The van der Waals surface area contributed by atoms with E-state index in [2.05, 4.69) is 41.2 Å². The van der Waals surface area contributed by atoms with Crippen molar-refractivity contribution in [2.24, 2.45) is 11.8 Å². The topological polar surface area (TPSA) is 54.2 Å². The van der Waals surface area contributed by atoms with Gasteiger partial charge in [0.05, 0.1) is 6.04 Å². The average molecular weight is 252 g/mol. The Balaban J connectivity index is 2.01. The number of hydrogen-bond donors (Lipinski definition) is 1. The summed E-state index contributed by atoms with van der Waals surface area (Å²) < 4.78 is 5.76. The van der Waals surface area contributed by atoms with E-state index in [1.165, 1.54) is 6.42 Å². The van der Waals surface area contributed by atoms with Crippen molar-refractivity contribution in [3.63, 3.8) is 0 Å². The molecule has 2 rings (SSSR count). The molecule has 3 unspecified atom stereocenters. The van der Waals surface area contributed by atoms with E-state index in [0.717, 1.165) is 25.6 Å². The second kappa shape index (κ2) is 5.69. The number of hydrogen-bond acceptors (Lipinski definition) is 5. The Bertz CT molecular complexity index is 379. The lowest BCUT2D eigenvalue weighted by Crippen LogP contribution is -2.38. The van der Waals surface area contributed by atoms with Crippen molar-refractivity contribution < 1.29 is 4.42 Å². The molecule has 0 saturated carbocycles. The monoisotopic (exact) mass is 252 g/mol. The first-order valence-corrected chi connectivity index (χ1v) is 6.93. The first-order valence-electron chi connectivity index (χ1n) is 6.93. The standard InChI is InChI=1S/C13H24N4O/c1-5-14-11(4)12-15-16-13(18-12)17-7-6-9(2)10(3)8-17/h9-11,14H,5-8H2,1-4H3. The Morgan fingerprint density at radius 3 is 2.83 bits per heavy atom. The highest BCUT2D eigenvalue weighted by Gasteiger charge is 2.26. The van der Waals surface area contributed by atoms with Gasteiger partial charge in [-0.25, -0.2) is 0 Å². The summed E-state index contributed by atoms with van der Waals surface area (Å²) in [5, 5.41) is 11.6. The maximum atomic E-state index is 5.76. The fourth-order valence-corrected chi connectivity index (χ4v) is 2.36. The molecule has 5 nitrogen and oxygen atoms in total. The Morgan fingerprint density at radius 1 is 1.39 bits per heavy atom. The van der Waals surface area contributed by atoms with E-state index in [9.17, 15) is 0 Å². The van der Waals surface area contributed by atoms with E-state index in [4.69, 9.17) is 4.42 Å². The summed E-state index contributed by atoms with van der Waals surface area (Å²) in [6.07, 6.45) is 1.20. The molecule has 0 spiro atoms. The number of piperidine rings is 1. The van der Waals surface area contributed by atoms with Crippen LogP contribution in [0.15, 0.2) is 4.42 Å². The molecule has 3 atom stereocenters. The first-order chi connectivity index (χ1) is 8.61. The zero-order valence-electron chi connectivity index (χ0n) is 11.8. The van der Waals surface area contributed by atoms with Crippen LogP contribution in [0, 0.1) is 11.8 Å². The molecule has 18 heavy (non-hydrogen) atoms. The van der Waals surface area contributed by atoms with Crippen molar-refractivity contribution >= 4 is 6.01 Å². The molecule has 0 radical (unpaired) electrons. The van der Waals surface area contributed by atoms with E-state index in [-0.39, 0.29) is 6.04 Å². The zero-order chi connectivity index (χ0) is 13.1. The molecule has 1 N–H and O–H groups in total. The second-order valence-corrected chi connectivity index (χ2v) is 5.39. The third-order valence-corrected chi connectivity index (χ3v) is 3.92. The molecule has 0 aromatic carbocycles. The van der Waals surface area contributed by atoms with Crippen molar-refractivity contribution in [1.82, 2.24) is 15.5 Å². The van der Waals surface area contributed by atoms with Crippen LogP contribution in [-0.4, -0.2) is 29.8 Å². The summed E-state index contributed by atoms with van der Waals surface area (Å²) in [4.78, 5) is 2.21. The first kappa shape index (κ1) is 13.3. The molecule has 5 heteroatoms. The quantitative estimate of drug-likeness (QED) is 0.890. The third kappa shape index (κ3) is 2.83. The number of nitrogens with one attached hydrogen (secondary N) is 1. The molecular weight excluding hydrogens is 228 g/mol. The Hall–Kier alpha value is -1.10. The molecule has 0 aliphatic carbocycles. The van der Waals surface area contributed by atoms with E-state index >= 15 is 0 Å². The molecule has 102 valence electrons. The lowest BCUT2D eigenvalue weighted by atomic mass is 9.89. The van der Waals surface area contributed by atoms with Gasteiger partial charge in [-0.05, 0) is 31.7 Å². The van der Waals surface area contributed by atoms with Crippen molar-refractivity contribution in [3.8, 4) is 0 Å². The fourth-order valence-electron chi connectivity index (χ4n) is 2.36. The van der Waals surface area contributed by atoms with Crippen molar-refractivity contribution in [1.29, 1.82) is 0 Å². The Kier molecular flexibility index (Phi) is 4.22. The van der Waals surface area contributed by atoms with E-state index in [1.807, 2.05) is 6.92 Å². The summed E-state index contributed by atoms with van der Waals surface area (Å²) >= 11 is 0. The predicted molar refractivity (Wildman–Crippen MR) is 71.5 cm³/mol. The van der Waals surface area contributed by atoms with Gasteiger partial charge in [-0.2, -0.15) is 0 Å². The Labute approximate surface area is 109 Å². The molecule has 0 amide bonds. The van der Waals surface area contributed by atoms with Gasteiger partial charge in [-0.15, -0.1) is 5.10 Å². The van der Waals surface area contributed by atoms with Gasteiger partial charge in [0.15, 0.2) is 0 Å². The van der Waals surface area contributed by atoms with Crippen LogP contribution in [0.3, 0.4) is 0 Å². The van der Waals surface area contributed by atoms with E-state index in [0.29, 0.717) is 17.8 Å². The molecule has 1 saturated heterocycles. The smallest absolute Gasteiger partial charge is 0.318 e. The van der Waals surface area contributed by atoms with Gasteiger partial charge in [0.1, 0.15) is 0 Å². The summed E-state index contributed by atoms with van der Waals surface area (Å²) in [6.45, 7) is 11.6. The maximum Gasteiger partial charge on any atom is 0.318 e. The predicted octanol–water partition coefficient (Wildman–Crippen LogP) is 2.22. The van der Waals surface area contributed by atoms with E-state index in [1.54, 1.807) is 0 Å². The van der Waals surface area contributed by atoms with Crippen LogP contribution < -0.4 is 10.2 Å². The van der Waals surface area contributed by atoms with Crippen molar-refractivity contribution in [3.05, 3.63) is 5.89 Å². The third-order valence-electron chi connectivity index (χ3n) is 3.92. The highest BCUT2D eigenvalue weighted by Crippen LogP contribution is 2.26. The zero-order valence-corrected chi connectivity index (χ0v) is 11.8. The maximum absolute atomic E-state index is 5.76. The fraction of sp³-hybridized carbons (Fsp3) is 0.846. The van der Waals surface area contributed by atoms with Crippen LogP contribution in [0.5, 0.6) is 0 Å². The number of anilines is 1. The van der Waals surface area contributed by atoms with Crippen LogP contribution in [-0.2, 0) is 0 Å². The van der Waals surface area contributed by atoms with Gasteiger partial charge < -0.3 is 14.6 Å². The lowest BCUT2D eigenvalue weighted by molar-refractivity contribution is 0.309. The highest BCUT2D eigenvalue weighted by molar-refractivity contribution is 5.25. The SMILES string of the molecule is CCNC(C)c1nnc(N2CCC(C)C(C)C2)o1. The van der Waals surface area contributed by atoms with Crippen LogP contribution in [0.1, 0.15) is 46.0 Å². The largest absolute Gasteiger partial charge is 0.406 e. The molecule has 2 heterocycles. The van der Waals surface area contributed by atoms with Gasteiger partial charge >= 0.3 is 6.01 Å². The van der Waals surface area contributed by atoms with Crippen molar-refractivity contribution in [2.75, 3.05) is 24.5 Å². The number of rotatable bonds is 4. The van der Waals surface area contributed by atoms with E-state index < -0.39 is 0 Å². The summed E-state index contributed by atoms with van der Waals surface area (Å²) in [5.74, 6) is 2.14. The molecular formula is C13H24N4O. The van der Waals surface area contributed by atoms with Crippen LogP contribution in [0.25, 0.3) is 0 Å². The molecule has 1 aromatic rings. The van der Waals surface area contributed by atoms with Crippen LogP contribution in [0.2, 0.25) is 0 Å².